The second-order valence-electron chi connectivity index (χ2n) is 4.80. The monoisotopic (exact) mass is 260 g/mol. The zero-order valence-electron chi connectivity index (χ0n) is 11.3. The quantitative estimate of drug-likeness (QED) is 0.882. The van der Waals surface area contributed by atoms with Gasteiger partial charge in [-0.05, 0) is 37.6 Å². The van der Waals surface area contributed by atoms with E-state index in [1.54, 1.807) is 13.2 Å². The van der Waals surface area contributed by atoms with Crippen molar-refractivity contribution in [2.24, 2.45) is 0 Å². The minimum absolute atomic E-state index is 0.457. The van der Waals surface area contributed by atoms with Gasteiger partial charge in [0.1, 0.15) is 5.75 Å². The SMILES string of the molecule is COc1ccc(C#N)cc1COCC1CCCCN1. The van der Waals surface area contributed by atoms with Gasteiger partial charge in [0.25, 0.3) is 0 Å². The van der Waals surface area contributed by atoms with E-state index in [9.17, 15) is 0 Å². The third kappa shape index (κ3) is 3.95. The highest BCUT2D eigenvalue weighted by Crippen LogP contribution is 2.20. The highest BCUT2D eigenvalue weighted by atomic mass is 16.5. The molecular formula is C15H20N2O2. The maximum absolute atomic E-state index is 8.91. The summed E-state index contributed by atoms with van der Waals surface area (Å²) in [5.41, 5.74) is 1.56. The van der Waals surface area contributed by atoms with Gasteiger partial charge in [-0.25, -0.2) is 0 Å². The first-order valence-electron chi connectivity index (χ1n) is 6.71. The van der Waals surface area contributed by atoms with Gasteiger partial charge in [0, 0.05) is 11.6 Å². The van der Waals surface area contributed by atoms with Crippen LogP contribution in [0.4, 0.5) is 0 Å². The minimum Gasteiger partial charge on any atom is -0.496 e. The molecule has 1 fully saturated rings. The molecule has 0 spiro atoms. The van der Waals surface area contributed by atoms with Crippen molar-refractivity contribution in [1.29, 1.82) is 5.26 Å². The molecule has 0 bridgehead atoms. The fourth-order valence-electron chi connectivity index (χ4n) is 2.34. The van der Waals surface area contributed by atoms with Crippen LogP contribution in [0.2, 0.25) is 0 Å². The third-order valence-electron chi connectivity index (χ3n) is 3.40. The Morgan fingerprint density at radius 1 is 1.42 bits per heavy atom. The average Bonchev–Trinajstić information content (AvgIpc) is 2.48. The van der Waals surface area contributed by atoms with Crippen LogP contribution < -0.4 is 10.1 Å². The van der Waals surface area contributed by atoms with E-state index in [4.69, 9.17) is 14.7 Å². The van der Waals surface area contributed by atoms with Crippen molar-refractivity contribution >= 4 is 0 Å². The summed E-state index contributed by atoms with van der Waals surface area (Å²) < 4.78 is 11.0. The van der Waals surface area contributed by atoms with Gasteiger partial charge in [0.2, 0.25) is 0 Å². The molecule has 0 radical (unpaired) electrons. The Hall–Kier alpha value is -1.57. The van der Waals surface area contributed by atoms with Crippen LogP contribution in [-0.2, 0) is 11.3 Å². The van der Waals surface area contributed by atoms with Crippen molar-refractivity contribution in [2.75, 3.05) is 20.3 Å². The number of piperidine rings is 1. The average molecular weight is 260 g/mol. The van der Waals surface area contributed by atoms with Crippen molar-refractivity contribution in [3.63, 3.8) is 0 Å². The number of hydrogen-bond acceptors (Lipinski definition) is 4. The summed E-state index contributed by atoms with van der Waals surface area (Å²) in [5.74, 6) is 0.774. The number of methoxy groups -OCH3 is 1. The number of nitriles is 1. The van der Waals surface area contributed by atoms with Gasteiger partial charge in [-0.3, -0.25) is 0 Å². The van der Waals surface area contributed by atoms with Crippen LogP contribution in [0.15, 0.2) is 18.2 Å². The van der Waals surface area contributed by atoms with Crippen LogP contribution in [0, 0.1) is 11.3 Å². The lowest BCUT2D eigenvalue weighted by atomic mass is 10.1. The normalized spacial score (nSPS) is 18.8. The van der Waals surface area contributed by atoms with Crippen molar-refractivity contribution in [3.05, 3.63) is 29.3 Å². The number of ether oxygens (including phenoxy) is 2. The second kappa shape index (κ2) is 7.13. The zero-order chi connectivity index (χ0) is 13.5. The molecule has 1 aromatic rings. The van der Waals surface area contributed by atoms with E-state index < -0.39 is 0 Å². The van der Waals surface area contributed by atoms with E-state index in [0.717, 1.165) is 17.9 Å². The number of benzene rings is 1. The molecule has 4 heteroatoms. The van der Waals surface area contributed by atoms with Crippen LogP contribution in [0.1, 0.15) is 30.4 Å². The molecule has 19 heavy (non-hydrogen) atoms. The van der Waals surface area contributed by atoms with E-state index in [2.05, 4.69) is 11.4 Å². The fourth-order valence-corrected chi connectivity index (χ4v) is 2.34. The van der Waals surface area contributed by atoms with Gasteiger partial charge in [-0.1, -0.05) is 6.42 Å². The van der Waals surface area contributed by atoms with Gasteiger partial charge < -0.3 is 14.8 Å². The molecule has 1 unspecified atom stereocenters. The molecule has 2 rings (SSSR count). The molecule has 0 aliphatic carbocycles. The highest BCUT2D eigenvalue weighted by molar-refractivity contribution is 5.41. The Morgan fingerprint density at radius 2 is 2.32 bits per heavy atom. The molecule has 1 aliphatic heterocycles. The Bertz CT molecular complexity index is 448. The lowest BCUT2D eigenvalue weighted by Gasteiger charge is -2.23. The molecule has 1 heterocycles. The van der Waals surface area contributed by atoms with Crippen molar-refractivity contribution in [2.45, 2.75) is 31.9 Å². The Balaban J connectivity index is 1.89. The van der Waals surface area contributed by atoms with E-state index in [1.807, 2.05) is 12.1 Å². The van der Waals surface area contributed by atoms with Crippen LogP contribution in [0.25, 0.3) is 0 Å². The summed E-state index contributed by atoms with van der Waals surface area (Å²) in [5, 5.41) is 12.4. The third-order valence-corrected chi connectivity index (χ3v) is 3.40. The van der Waals surface area contributed by atoms with Crippen LogP contribution in [-0.4, -0.2) is 26.3 Å². The molecule has 1 aliphatic rings. The first kappa shape index (κ1) is 13.9. The summed E-state index contributed by atoms with van der Waals surface area (Å²) in [7, 11) is 1.63. The minimum atomic E-state index is 0.457. The fraction of sp³-hybridized carbons (Fsp3) is 0.533. The van der Waals surface area contributed by atoms with Crippen molar-refractivity contribution in [1.82, 2.24) is 5.32 Å². The van der Waals surface area contributed by atoms with Crippen LogP contribution in [0.5, 0.6) is 5.75 Å². The number of nitrogens with zero attached hydrogens (tertiary/aromatic N) is 1. The smallest absolute Gasteiger partial charge is 0.124 e. The van der Waals surface area contributed by atoms with E-state index in [-0.39, 0.29) is 0 Å². The Kier molecular flexibility index (Phi) is 5.20. The van der Waals surface area contributed by atoms with Gasteiger partial charge in [0.15, 0.2) is 0 Å². The predicted molar refractivity (Wildman–Crippen MR) is 73.0 cm³/mol. The zero-order valence-corrected chi connectivity index (χ0v) is 11.3. The summed E-state index contributed by atoms with van der Waals surface area (Å²) in [4.78, 5) is 0. The molecule has 4 nitrogen and oxygen atoms in total. The van der Waals surface area contributed by atoms with E-state index in [1.165, 1.54) is 19.3 Å². The molecule has 1 atom stereocenters. The van der Waals surface area contributed by atoms with Gasteiger partial charge in [0.05, 0.1) is 32.0 Å². The summed E-state index contributed by atoms with van der Waals surface area (Å²) >= 11 is 0. The van der Waals surface area contributed by atoms with Gasteiger partial charge >= 0.3 is 0 Å². The maximum atomic E-state index is 8.91. The molecule has 0 amide bonds. The molecule has 1 saturated heterocycles. The van der Waals surface area contributed by atoms with E-state index in [0.29, 0.717) is 24.8 Å². The molecular weight excluding hydrogens is 240 g/mol. The summed E-state index contributed by atoms with van der Waals surface area (Å²) in [6, 6.07) is 7.99. The Morgan fingerprint density at radius 3 is 3.00 bits per heavy atom. The topological polar surface area (TPSA) is 54.3 Å². The molecule has 102 valence electrons. The highest BCUT2D eigenvalue weighted by Gasteiger charge is 2.13. The van der Waals surface area contributed by atoms with Gasteiger partial charge in [-0.15, -0.1) is 0 Å². The first-order chi connectivity index (χ1) is 9.33. The van der Waals surface area contributed by atoms with Crippen LogP contribution in [0.3, 0.4) is 0 Å². The number of nitrogens with one attached hydrogen (secondary N) is 1. The van der Waals surface area contributed by atoms with Crippen LogP contribution >= 0.6 is 0 Å². The summed E-state index contributed by atoms with van der Waals surface area (Å²) in [6.45, 7) is 2.28. The number of rotatable bonds is 5. The maximum Gasteiger partial charge on any atom is 0.124 e. The van der Waals surface area contributed by atoms with Crippen molar-refractivity contribution in [3.8, 4) is 11.8 Å². The Labute approximate surface area is 114 Å². The lowest BCUT2D eigenvalue weighted by Crippen LogP contribution is -2.37. The summed E-state index contributed by atoms with van der Waals surface area (Å²) in [6.07, 6.45) is 3.71. The first-order valence-corrected chi connectivity index (χ1v) is 6.71. The standard InChI is InChI=1S/C15H20N2O2/c1-18-15-6-5-12(9-16)8-13(15)10-19-11-14-4-2-3-7-17-14/h5-6,8,14,17H,2-4,7,10-11H2,1H3. The van der Waals surface area contributed by atoms with E-state index >= 15 is 0 Å². The molecule has 1 aromatic carbocycles. The van der Waals surface area contributed by atoms with Crippen molar-refractivity contribution < 1.29 is 9.47 Å². The lowest BCUT2D eigenvalue weighted by molar-refractivity contribution is 0.0897. The molecule has 0 saturated carbocycles. The predicted octanol–water partition coefficient (Wildman–Crippen LogP) is 2.23. The molecule has 0 aromatic heterocycles. The second-order valence-corrected chi connectivity index (χ2v) is 4.80. The number of hydrogen-bond donors (Lipinski definition) is 1. The largest absolute Gasteiger partial charge is 0.496 e. The molecule has 1 N–H and O–H groups in total. The van der Waals surface area contributed by atoms with Gasteiger partial charge in [-0.2, -0.15) is 5.26 Å².